The maximum absolute atomic E-state index is 6.03. The molecule has 1 aromatic heterocycles. The van der Waals surface area contributed by atoms with Gasteiger partial charge in [-0.2, -0.15) is 0 Å². The van der Waals surface area contributed by atoms with E-state index in [0.29, 0.717) is 35.6 Å². The van der Waals surface area contributed by atoms with Crippen LogP contribution in [0.25, 0.3) is 0 Å². The quantitative estimate of drug-likeness (QED) is 0.763. The lowest BCUT2D eigenvalue weighted by molar-refractivity contribution is 0.310. The van der Waals surface area contributed by atoms with Crippen molar-refractivity contribution >= 4 is 23.1 Å². The second kappa shape index (κ2) is 7.70. The molecule has 0 spiro atoms. The van der Waals surface area contributed by atoms with E-state index in [9.17, 15) is 0 Å². The van der Waals surface area contributed by atoms with Gasteiger partial charge >= 0.3 is 0 Å². The lowest BCUT2D eigenvalue weighted by Crippen LogP contribution is -2.06. The van der Waals surface area contributed by atoms with Gasteiger partial charge in [-0.15, -0.1) is 0 Å². The van der Waals surface area contributed by atoms with E-state index in [2.05, 4.69) is 20.6 Å². The predicted octanol–water partition coefficient (Wildman–Crippen LogP) is 3.19. The molecule has 0 unspecified atom stereocenters. The molecule has 0 aliphatic carbocycles. The maximum Gasteiger partial charge on any atom is 0.161 e. The Morgan fingerprint density at radius 1 is 1.23 bits per heavy atom. The number of aromatic nitrogens is 2. The van der Waals surface area contributed by atoms with Crippen molar-refractivity contribution in [2.24, 2.45) is 0 Å². The number of halogens is 1. The fourth-order valence-corrected chi connectivity index (χ4v) is 2.23. The minimum absolute atomic E-state index is 0.379. The van der Waals surface area contributed by atoms with Crippen LogP contribution >= 0.6 is 11.6 Å². The van der Waals surface area contributed by atoms with Crippen LogP contribution in [0.3, 0.4) is 0 Å². The Bertz CT molecular complexity index is 637. The number of benzene rings is 1. The number of anilines is 2. The van der Waals surface area contributed by atoms with E-state index >= 15 is 0 Å². The van der Waals surface area contributed by atoms with Gasteiger partial charge in [0.25, 0.3) is 0 Å². The molecule has 2 aromatic rings. The number of rotatable bonds is 7. The van der Waals surface area contributed by atoms with E-state index in [1.54, 1.807) is 14.2 Å². The standard InChI is InChI=1S/C15H19ClN4O2/c1-4-22-12-7-10(5-6-11(12)21-3)8-18-15-13(17-2)14(16)19-9-20-15/h5-7,9,17H,4,8H2,1-3H3,(H,18,19,20). The van der Waals surface area contributed by atoms with Crippen LogP contribution in [0, 0.1) is 0 Å². The number of hydrogen-bond acceptors (Lipinski definition) is 6. The first-order valence-corrected chi connectivity index (χ1v) is 7.29. The van der Waals surface area contributed by atoms with Gasteiger partial charge in [0.15, 0.2) is 22.5 Å². The summed E-state index contributed by atoms with van der Waals surface area (Å²) in [5.41, 5.74) is 1.71. The monoisotopic (exact) mass is 322 g/mol. The highest BCUT2D eigenvalue weighted by molar-refractivity contribution is 6.32. The molecule has 0 aliphatic heterocycles. The van der Waals surface area contributed by atoms with Crippen molar-refractivity contribution < 1.29 is 9.47 Å². The van der Waals surface area contributed by atoms with E-state index in [1.807, 2.05) is 25.1 Å². The summed E-state index contributed by atoms with van der Waals surface area (Å²) in [5, 5.41) is 6.60. The number of nitrogens with one attached hydrogen (secondary N) is 2. The molecule has 1 aromatic carbocycles. The third-order valence-corrected chi connectivity index (χ3v) is 3.33. The van der Waals surface area contributed by atoms with Crippen LogP contribution in [0.15, 0.2) is 24.5 Å². The minimum Gasteiger partial charge on any atom is -0.493 e. The topological polar surface area (TPSA) is 68.3 Å². The lowest BCUT2D eigenvalue weighted by atomic mass is 10.2. The number of ether oxygens (including phenoxy) is 2. The molecule has 0 saturated heterocycles. The SMILES string of the molecule is CCOc1cc(CNc2ncnc(Cl)c2NC)ccc1OC. The zero-order valence-corrected chi connectivity index (χ0v) is 13.6. The first-order chi connectivity index (χ1) is 10.7. The average molecular weight is 323 g/mol. The van der Waals surface area contributed by atoms with Gasteiger partial charge in [-0.3, -0.25) is 0 Å². The van der Waals surface area contributed by atoms with E-state index in [4.69, 9.17) is 21.1 Å². The summed E-state index contributed by atoms with van der Waals surface area (Å²) in [5.74, 6) is 2.08. The van der Waals surface area contributed by atoms with Crippen molar-refractivity contribution in [3.63, 3.8) is 0 Å². The van der Waals surface area contributed by atoms with Crippen molar-refractivity contribution in [1.29, 1.82) is 0 Å². The lowest BCUT2D eigenvalue weighted by Gasteiger charge is -2.13. The molecule has 0 amide bonds. The van der Waals surface area contributed by atoms with E-state index in [0.717, 1.165) is 11.3 Å². The van der Waals surface area contributed by atoms with Crippen LogP contribution in [0.5, 0.6) is 11.5 Å². The molecule has 7 heteroatoms. The zero-order chi connectivity index (χ0) is 15.9. The Hall–Kier alpha value is -2.21. The molecule has 0 bridgehead atoms. The Morgan fingerprint density at radius 3 is 2.73 bits per heavy atom. The number of nitrogens with zero attached hydrogens (tertiary/aromatic N) is 2. The van der Waals surface area contributed by atoms with Gasteiger partial charge in [0.1, 0.15) is 12.0 Å². The minimum atomic E-state index is 0.379. The molecule has 2 N–H and O–H groups in total. The summed E-state index contributed by atoms with van der Waals surface area (Å²) in [6.07, 6.45) is 1.42. The number of hydrogen-bond donors (Lipinski definition) is 2. The molecule has 0 atom stereocenters. The maximum atomic E-state index is 6.03. The molecule has 0 fully saturated rings. The molecule has 22 heavy (non-hydrogen) atoms. The molecule has 0 saturated carbocycles. The Balaban J connectivity index is 2.15. The van der Waals surface area contributed by atoms with Crippen molar-refractivity contribution in [1.82, 2.24) is 9.97 Å². The van der Waals surface area contributed by atoms with Gasteiger partial charge in [-0.05, 0) is 24.6 Å². The largest absolute Gasteiger partial charge is 0.493 e. The second-order valence-corrected chi connectivity index (χ2v) is 4.77. The van der Waals surface area contributed by atoms with Crippen LogP contribution < -0.4 is 20.1 Å². The van der Waals surface area contributed by atoms with Gasteiger partial charge in [0.2, 0.25) is 0 Å². The van der Waals surface area contributed by atoms with E-state index in [1.165, 1.54) is 6.33 Å². The summed E-state index contributed by atoms with van der Waals surface area (Å²) in [6.45, 7) is 3.09. The summed E-state index contributed by atoms with van der Waals surface area (Å²) >= 11 is 6.03. The van der Waals surface area contributed by atoms with Gasteiger partial charge in [-0.25, -0.2) is 9.97 Å². The van der Waals surface area contributed by atoms with Crippen molar-refractivity contribution in [3.8, 4) is 11.5 Å². The summed E-state index contributed by atoms with van der Waals surface area (Å²) < 4.78 is 10.8. The fraction of sp³-hybridized carbons (Fsp3) is 0.333. The summed E-state index contributed by atoms with van der Waals surface area (Å²) in [4.78, 5) is 8.13. The highest BCUT2D eigenvalue weighted by Gasteiger charge is 2.09. The van der Waals surface area contributed by atoms with Crippen LogP contribution in [0.2, 0.25) is 5.15 Å². The van der Waals surface area contributed by atoms with Crippen LogP contribution in [0.1, 0.15) is 12.5 Å². The first-order valence-electron chi connectivity index (χ1n) is 6.91. The Labute approximate surface area is 134 Å². The van der Waals surface area contributed by atoms with Gasteiger partial charge < -0.3 is 20.1 Å². The molecule has 0 radical (unpaired) electrons. The molecule has 6 nitrogen and oxygen atoms in total. The van der Waals surface area contributed by atoms with Crippen LogP contribution in [-0.4, -0.2) is 30.7 Å². The summed E-state index contributed by atoms with van der Waals surface area (Å²) in [7, 11) is 3.40. The predicted molar refractivity (Wildman–Crippen MR) is 88.1 cm³/mol. The van der Waals surface area contributed by atoms with Gasteiger partial charge in [0.05, 0.1) is 13.7 Å². The van der Waals surface area contributed by atoms with Crippen molar-refractivity contribution in [2.75, 3.05) is 31.4 Å². The molecular weight excluding hydrogens is 304 g/mol. The first kappa shape index (κ1) is 16.2. The van der Waals surface area contributed by atoms with Crippen LogP contribution in [-0.2, 0) is 6.54 Å². The Morgan fingerprint density at radius 2 is 2.05 bits per heavy atom. The Kier molecular flexibility index (Phi) is 5.66. The zero-order valence-electron chi connectivity index (χ0n) is 12.8. The van der Waals surface area contributed by atoms with Gasteiger partial charge in [0, 0.05) is 13.6 Å². The highest BCUT2D eigenvalue weighted by Crippen LogP contribution is 2.29. The smallest absolute Gasteiger partial charge is 0.161 e. The average Bonchev–Trinajstić information content (AvgIpc) is 2.53. The normalized spacial score (nSPS) is 10.2. The third-order valence-electron chi connectivity index (χ3n) is 3.04. The van der Waals surface area contributed by atoms with Crippen molar-refractivity contribution in [3.05, 3.63) is 35.2 Å². The van der Waals surface area contributed by atoms with E-state index in [-0.39, 0.29) is 0 Å². The van der Waals surface area contributed by atoms with E-state index < -0.39 is 0 Å². The van der Waals surface area contributed by atoms with Gasteiger partial charge in [-0.1, -0.05) is 17.7 Å². The van der Waals surface area contributed by atoms with Crippen LogP contribution in [0.4, 0.5) is 11.5 Å². The highest BCUT2D eigenvalue weighted by atomic mass is 35.5. The number of methoxy groups -OCH3 is 1. The molecule has 118 valence electrons. The molecule has 2 rings (SSSR count). The van der Waals surface area contributed by atoms with Crippen molar-refractivity contribution in [2.45, 2.75) is 13.5 Å². The fourth-order valence-electron chi connectivity index (χ4n) is 2.00. The molecular formula is C15H19ClN4O2. The summed E-state index contributed by atoms with van der Waals surface area (Å²) in [6, 6.07) is 5.79. The second-order valence-electron chi connectivity index (χ2n) is 4.41. The third kappa shape index (κ3) is 3.71. The molecule has 1 heterocycles. The molecule has 0 aliphatic rings.